The first kappa shape index (κ1) is 8.34. The smallest absolute Gasteiger partial charge is 0.119 e. The first-order chi connectivity index (χ1) is 5.24. The van der Waals surface area contributed by atoms with Crippen molar-refractivity contribution in [1.29, 1.82) is 0 Å². The van der Waals surface area contributed by atoms with Crippen molar-refractivity contribution in [2.45, 2.75) is 0 Å². The lowest BCUT2D eigenvalue weighted by molar-refractivity contribution is 0.414. The molecule has 1 rings (SSSR count). The average Bonchev–Trinajstić information content (AvgIpc) is 2.05. The van der Waals surface area contributed by atoms with Crippen LogP contribution < -0.4 is 4.74 Å². The van der Waals surface area contributed by atoms with Gasteiger partial charge < -0.3 is 4.74 Å². The van der Waals surface area contributed by atoms with Crippen molar-refractivity contribution in [3.05, 3.63) is 36.4 Å². The number of hydrogen-bond donors (Lipinski definition) is 0. The summed E-state index contributed by atoms with van der Waals surface area (Å²) in [4.78, 5) is 0. The Bertz CT molecular complexity index is 268. The highest BCUT2D eigenvalue weighted by Crippen LogP contribution is 2.22. The van der Waals surface area contributed by atoms with Crippen molar-refractivity contribution in [3.63, 3.8) is 0 Å². The van der Waals surface area contributed by atoms with Crippen LogP contribution in [0.5, 0.6) is 5.75 Å². The van der Waals surface area contributed by atoms with Crippen molar-refractivity contribution in [3.8, 4) is 5.75 Å². The number of rotatable bonds is 2. The second kappa shape index (κ2) is 3.58. The number of methoxy groups -OCH3 is 1. The van der Waals surface area contributed by atoms with E-state index in [1.54, 1.807) is 7.11 Å². The van der Waals surface area contributed by atoms with Crippen LogP contribution in [0, 0.1) is 0 Å². The summed E-state index contributed by atoms with van der Waals surface area (Å²) in [5, 5.41) is 0. The molecule has 0 saturated heterocycles. The molecule has 0 N–H and O–H groups in total. The van der Waals surface area contributed by atoms with Crippen LogP contribution in [-0.2, 0) is 0 Å². The van der Waals surface area contributed by atoms with Gasteiger partial charge in [0, 0.05) is 4.48 Å². The van der Waals surface area contributed by atoms with Crippen molar-refractivity contribution in [1.82, 2.24) is 0 Å². The lowest BCUT2D eigenvalue weighted by Gasteiger charge is -2.01. The van der Waals surface area contributed by atoms with E-state index >= 15 is 0 Å². The third-order valence-corrected chi connectivity index (χ3v) is 1.84. The molecule has 0 amide bonds. The fourth-order valence-electron chi connectivity index (χ4n) is 0.792. The largest absolute Gasteiger partial charge is 0.497 e. The highest BCUT2D eigenvalue weighted by atomic mass is 79.9. The molecule has 0 bridgehead atoms. The molecule has 1 aromatic carbocycles. The fourth-order valence-corrected chi connectivity index (χ4v) is 1.04. The van der Waals surface area contributed by atoms with Gasteiger partial charge in [-0.05, 0) is 17.7 Å². The predicted molar refractivity (Wildman–Crippen MR) is 51.0 cm³/mol. The SMILES string of the molecule is C=C(Br)c1cccc(OC)c1. The quantitative estimate of drug-likeness (QED) is 0.733. The van der Waals surface area contributed by atoms with E-state index < -0.39 is 0 Å². The van der Waals surface area contributed by atoms with E-state index in [1.807, 2.05) is 24.3 Å². The summed E-state index contributed by atoms with van der Waals surface area (Å²) >= 11 is 3.30. The number of ether oxygens (including phenoxy) is 1. The number of halogens is 1. The van der Waals surface area contributed by atoms with Gasteiger partial charge >= 0.3 is 0 Å². The second-order valence-electron chi connectivity index (χ2n) is 2.14. The highest BCUT2D eigenvalue weighted by Gasteiger charge is 1.95. The van der Waals surface area contributed by atoms with Crippen molar-refractivity contribution >= 4 is 20.4 Å². The summed E-state index contributed by atoms with van der Waals surface area (Å²) in [7, 11) is 1.65. The Kier molecular flexibility index (Phi) is 2.71. The van der Waals surface area contributed by atoms with Gasteiger partial charge in [0.15, 0.2) is 0 Å². The van der Waals surface area contributed by atoms with Crippen molar-refractivity contribution in [2.75, 3.05) is 7.11 Å². The van der Waals surface area contributed by atoms with Crippen LogP contribution >= 0.6 is 15.9 Å². The summed E-state index contributed by atoms with van der Waals surface area (Å²) in [6, 6.07) is 7.73. The Morgan fingerprint density at radius 1 is 1.55 bits per heavy atom. The molecule has 1 nitrogen and oxygen atoms in total. The van der Waals surface area contributed by atoms with Crippen molar-refractivity contribution in [2.24, 2.45) is 0 Å². The Balaban J connectivity index is 3.01. The lowest BCUT2D eigenvalue weighted by Crippen LogP contribution is -1.82. The topological polar surface area (TPSA) is 9.23 Å². The van der Waals surface area contributed by atoms with E-state index in [1.165, 1.54) is 0 Å². The standard InChI is InChI=1S/C9H9BrO/c1-7(10)8-4-3-5-9(6-8)11-2/h3-6H,1H2,2H3. The fraction of sp³-hybridized carbons (Fsp3) is 0.111. The van der Waals surface area contributed by atoms with Crippen LogP contribution in [-0.4, -0.2) is 7.11 Å². The average molecular weight is 213 g/mol. The molecule has 1 aromatic rings. The van der Waals surface area contributed by atoms with Crippen LogP contribution in [0.1, 0.15) is 5.56 Å². The second-order valence-corrected chi connectivity index (χ2v) is 3.09. The van der Waals surface area contributed by atoms with Gasteiger partial charge in [0.05, 0.1) is 7.11 Å². The third-order valence-electron chi connectivity index (χ3n) is 1.38. The van der Waals surface area contributed by atoms with Crippen LogP contribution in [0.4, 0.5) is 0 Å². The summed E-state index contributed by atoms with van der Waals surface area (Å²) in [6.07, 6.45) is 0. The van der Waals surface area contributed by atoms with Gasteiger partial charge in [-0.25, -0.2) is 0 Å². The van der Waals surface area contributed by atoms with Crippen LogP contribution in [0.15, 0.2) is 30.8 Å². The predicted octanol–water partition coefficient (Wildman–Crippen LogP) is 3.06. The molecular formula is C9H9BrO. The van der Waals surface area contributed by atoms with E-state index in [9.17, 15) is 0 Å². The molecular weight excluding hydrogens is 204 g/mol. The van der Waals surface area contributed by atoms with E-state index in [0.29, 0.717) is 0 Å². The van der Waals surface area contributed by atoms with Crippen LogP contribution in [0.3, 0.4) is 0 Å². The first-order valence-corrected chi connectivity index (χ1v) is 4.02. The first-order valence-electron chi connectivity index (χ1n) is 3.23. The van der Waals surface area contributed by atoms with Crippen molar-refractivity contribution < 1.29 is 4.74 Å². The molecule has 0 radical (unpaired) electrons. The zero-order valence-electron chi connectivity index (χ0n) is 6.30. The molecule has 2 heteroatoms. The highest BCUT2D eigenvalue weighted by molar-refractivity contribution is 9.15. The minimum Gasteiger partial charge on any atom is -0.497 e. The maximum absolute atomic E-state index is 5.04. The molecule has 0 aliphatic heterocycles. The summed E-state index contributed by atoms with van der Waals surface area (Å²) in [5.41, 5.74) is 1.05. The zero-order valence-corrected chi connectivity index (χ0v) is 7.89. The lowest BCUT2D eigenvalue weighted by atomic mass is 10.2. The van der Waals surface area contributed by atoms with Gasteiger partial charge in [0.25, 0.3) is 0 Å². The monoisotopic (exact) mass is 212 g/mol. The van der Waals surface area contributed by atoms with Crippen LogP contribution in [0.2, 0.25) is 0 Å². The van der Waals surface area contributed by atoms with Gasteiger partial charge in [-0.3, -0.25) is 0 Å². The summed E-state index contributed by atoms with van der Waals surface area (Å²) < 4.78 is 5.91. The molecule has 0 unspecified atom stereocenters. The van der Waals surface area contributed by atoms with E-state index in [4.69, 9.17) is 4.74 Å². The van der Waals surface area contributed by atoms with E-state index in [2.05, 4.69) is 22.5 Å². The normalized spacial score (nSPS) is 9.27. The van der Waals surface area contributed by atoms with Crippen LogP contribution in [0.25, 0.3) is 4.48 Å². The molecule has 11 heavy (non-hydrogen) atoms. The maximum Gasteiger partial charge on any atom is 0.119 e. The Morgan fingerprint density at radius 3 is 2.82 bits per heavy atom. The summed E-state index contributed by atoms with van der Waals surface area (Å²) in [6.45, 7) is 3.76. The molecule has 0 aliphatic carbocycles. The summed E-state index contributed by atoms with van der Waals surface area (Å²) in [5.74, 6) is 0.850. The minimum absolute atomic E-state index is 0.850. The van der Waals surface area contributed by atoms with E-state index in [0.717, 1.165) is 15.8 Å². The third kappa shape index (κ3) is 2.09. The molecule has 0 aromatic heterocycles. The Morgan fingerprint density at radius 2 is 2.27 bits per heavy atom. The molecule has 0 atom stereocenters. The molecule has 58 valence electrons. The number of benzene rings is 1. The van der Waals surface area contributed by atoms with Gasteiger partial charge in [0.2, 0.25) is 0 Å². The number of hydrogen-bond acceptors (Lipinski definition) is 1. The maximum atomic E-state index is 5.04. The van der Waals surface area contributed by atoms with Gasteiger partial charge in [0.1, 0.15) is 5.75 Å². The molecule has 0 fully saturated rings. The Labute approximate surface area is 74.8 Å². The van der Waals surface area contributed by atoms with E-state index in [-0.39, 0.29) is 0 Å². The van der Waals surface area contributed by atoms with Gasteiger partial charge in [-0.2, -0.15) is 0 Å². The molecule has 0 saturated carbocycles. The minimum atomic E-state index is 0.850. The molecule has 0 heterocycles. The molecule has 0 spiro atoms. The molecule has 0 aliphatic rings. The van der Waals surface area contributed by atoms with Gasteiger partial charge in [-0.15, -0.1) is 0 Å². The van der Waals surface area contributed by atoms with Gasteiger partial charge in [-0.1, -0.05) is 34.6 Å². The Hall–Kier alpha value is -0.760. The zero-order chi connectivity index (χ0) is 8.27.